The monoisotopic (exact) mass is 271 g/mol. The molecule has 1 amide bonds. The Labute approximate surface area is 112 Å². The van der Waals surface area contributed by atoms with Crippen LogP contribution >= 0.6 is 11.8 Å². The first-order valence-electron chi connectivity index (χ1n) is 6.08. The van der Waals surface area contributed by atoms with Crippen molar-refractivity contribution in [2.45, 2.75) is 51.2 Å². The molecule has 0 aliphatic rings. The molecule has 7 heteroatoms. The van der Waals surface area contributed by atoms with E-state index in [0.717, 1.165) is 12.2 Å². The summed E-state index contributed by atoms with van der Waals surface area (Å²) in [5.74, 6) is 7.09. The quantitative estimate of drug-likeness (QED) is 0.598. The third kappa shape index (κ3) is 3.90. The number of nitrogens with one attached hydrogen (secondary N) is 1. The molecule has 0 aliphatic heterocycles. The van der Waals surface area contributed by atoms with E-state index < -0.39 is 0 Å². The third-order valence-electron chi connectivity index (χ3n) is 2.56. The summed E-state index contributed by atoms with van der Waals surface area (Å²) in [5, 5.41) is 11.4. The smallest absolute Gasteiger partial charge is 0.230 e. The summed E-state index contributed by atoms with van der Waals surface area (Å²) in [6.07, 6.45) is 0.918. The molecular weight excluding hydrogens is 250 g/mol. The Morgan fingerprint density at radius 2 is 2.11 bits per heavy atom. The lowest BCUT2D eigenvalue weighted by Crippen LogP contribution is -2.33. The summed E-state index contributed by atoms with van der Waals surface area (Å²) < 4.78 is 1.45. The Hall–Kier alpha value is -1.24. The minimum Gasteiger partial charge on any atom is -0.353 e. The fourth-order valence-corrected chi connectivity index (χ4v) is 2.00. The van der Waals surface area contributed by atoms with Gasteiger partial charge in [0.2, 0.25) is 11.1 Å². The number of aromatic nitrogens is 3. The van der Waals surface area contributed by atoms with Gasteiger partial charge in [0, 0.05) is 12.0 Å². The lowest BCUT2D eigenvalue weighted by molar-refractivity contribution is -0.119. The number of carbonyl (C=O) groups excluding carboxylic acids is 1. The van der Waals surface area contributed by atoms with Crippen LogP contribution in [-0.2, 0) is 4.79 Å². The van der Waals surface area contributed by atoms with Gasteiger partial charge in [0.25, 0.3) is 0 Å². The highest BCUT2D eigenvalue weighted by molar-refractivity contribution is 7.99. The topological polar surface area (TPSA) is 85.8 Å². The van der Waals surface area contributed by atoms with Crippen molar-refractivity contribution >= 4 is 17.7 Å². The molecule has 102 valence electrons. The molecule has 1 aromatic heterocycles. The van der Waals surface area contributed by atoms with Gasteiger partial charge in [0.05, 0.1) is 5.75 Å². The number of thioether (sulfide) groups is 1. The molecule has 0 saturated carbocycles. The third-order valence-corrected chi connectivity index (χ3v) is 3.50. The number of nitrogens with two attached hydrogens (primary N) is 1. The van der Waals surface area contributed by atoms with Gasteiger partial charge in [-0.2, -0.15) is 0 Å². The van der Waals surface area contributed by atoms with Crippen LogP contribution in [0, 0.1) is 0 Å². The van der Waals surface area contributed by atoms with E-state index in [-0.39, 0.29) is 17.9 Å². The van der Waals surface area contributed by atoms with Crippen LogP contribution in [0.5, 0.6) is 0 Å². The van der Waals surface area contributed by atoms with Crippen LogP contribution in [0.3, 0.4) is 0 Å². The van der Waals surface area contributed by atoms with Gasteiger partial charge in [-0.1, -0.05) is 32.5 Å². The van der Waals surface area contributed by atoms with E-state index in [1.807, 2.05) is 27.7 Å². The zero-order chi connectivity index (χ0) is 13.7. The molecule has 0 spiro atoms. The van der Waals surface area contributed by atoms with Crippen LogP contribution in [-0.4, -0.2) is 32.6 Å². The van der Waals surface area contributed by atoms with Crippen molar-refractivity contribution in [1.82, 2.24) is 20.2 Å². The van der Waals surface area contributed by atoms with E-state index in [9.17, 15) is 4.79 Å². The zero-order valence-corrected chi connectivity index (χ0v) is 12.1. The minimum absolute atomic E-state index is 0.0107. The maximum Gasteiger partial charge on any atom is 0.230 e. The number of nitrogen functional groups attached to an aromatic ring is 1. The number of rotatable bonds is 6. The summed E-state index contributed by atoms with van der Waals surface area (Å²) in [4.78, 5) is 11.6. The Morgan fingerprint density at radius 3 is 2.61 bits per heavy atom. The molecule has 0 aliphatic carbocycles. The molecule has 0 aromatic carbocycles. The van der Waals surface area contributed by atoms with Gasteiger partial charge >= 0.3 is 0 Å². The highest BCUT2D eigenvalue weighted by atomic mass is 32.2. The predicted molar refractivity (Wildman–Crippen MR) is 72.9 cm³/mol. The Kier molecular flexibility index (Phi) is 5.46. The van der Waals surface area contributed by atoms with Crippen LogP contribution in [0.25, 0.3) is 0 Å². The van der Waals surface area contributed by atoms with Crippen LogP contribution in [0.15, 0.2) is 5.16 Å². The molecule has 0 fully saturated rings. The van der Waals surface area contributed by atoms with Gasteiger partial charge in [0.1, 0.15) is 0 Å². The zero-order valence-electron chi connectivity index (χ0n) is 11.3. The Morgan fingerprint density at radius 1 is 1.44 bits per heavy atom. The molecule has 1 heterocycles. The highest BCUT2D eigenvalue weighted by Gasteiger charge is 2.14. The van der Waals surface area contributed by atoms with Crippen molar-refractivity contribution in [1.29, 1.82) is 0 Å². The lowest BCUT2D eigenvalue weighted by Gasteiger charge is -2.10. The van der Waals surface area contributed by atoms with Gasteiger partial charge in [0.15, 0.2) is 5.82 Å². The van der Waals surface area contributed by atoms with Crippen LogP contribution in [0.1, 0.15) is 45.9 Å². The van der Waals surface area contributed by atoms with Gasteiger partial charge in [-0.25, -0.2) is 4.68 Å². The van der Waals surface area contributed by atoms with E-state index in [4.69, 9.17) is 5.84 Å². The van der Waals surface area contributed by atoms with E-state index in [0.29, 0.717) is 10.9 Å². The second kappa shape index (κ2) is 6.63. The molecule has 1 rings (SSSR count). The lowest BCUT2D eigenvalue weighted by atomic mass is 10.2. The van der Waals surface area contributed by atoms with Gasteiger partial charge in [-0.3, -0.25) is 4.79 Å². The van der Waals surface area contributed by atoms with E-state index >= 15 is 0 Å². The molecule has 1 unspecified atom stereocenters. The van der Waals surface area contributed by atoms with Crippen molar-refractivity contribution in [3.8, 4) is 0 Å². The second-order valence-corrected chi connectivity index (χ2v) is 5.47. The standard InChI is InChI=1S/C11H21N5OS/c1-5-8(4)13-9(17)6-18-11-15-14-10(7(2)3)16(11)12/h7-8H,5-6,12H2,1-4H3,(H,13,17). The van der Waals surface area contributed by atoms with Gasteiger partial charge in [-0.15, -0.1) is 10.2 Å². The van der Waals surface area contributed by atoms with Crippen molar-refractivity contribution in [2.75, 3.05) is 11.6 Å². The maximum atomic E-state index is 11.6. The summed E-state index contributed by atoms with van der Waals surface area (Å²) in [6.45, 7) is 8.00. The fraction of sp³-hybridized carbons (Fsp3) is 0.727. The number of carbonyl (C=O) groups is 1. The number of nitrogens with zero attached hydrogens (tertiary/aromatic N) is 3. The van der Waals surface area contributed by atoms with Gasteiger partial charge in [-0.05, 0) is 13.3 Å². The molecule has 6 nitrogen and oxygen atoms in total. The Bertz CT molecular complexity index is 404. The van der Waals surface area contributed by atoms with Crippen LogP contribution < -0.4 is 11.2 Å². The fourth-order valence-electron chi connectivity index (χ4n) is 1.33. The van der Waals surface area contributed by atoms with Crippen molar-refractivity contribution in [2.24, 2.45) is 0 Å². The first kappa shape index (κ1) is 14.8. The largest absolute Gasteiger partial charge is 0.353 e. The molecule has 3 N–H and O–H groups in total. The van der Waals surface area contributed by atoms with E-state index in [2.05, 4.69) is 15.5 Å². The first-order chi connectivity index (χ1) is 8.45. The van der Waals surface area contributed by atoms with E-state index in [1.54, 1.807) is 0 Å². The average Bonchev–Trinajstić information content (AvgIpc) is 2.68. The molecular formula is C11H21N5OS. The van der Waals surface area contributed by atoms with Gasteiger partial charge < -0.3 is 11.2 Å². The first-order valence-corrected chi connectivity index (χ1v) is 7.06. The molecule has 0 saturated heterocycles. The Balaban J connectivity index is 2.51. The average molecular weight is 271 g/mol. The summed E-state index contributed by atoms with van der Waals surface area (Å²) in [7, 11) is 0. The summed E-state index contributed by atoms with van der Waals surface area (Å²) >= 11 is 1.30. The maximum absolute atomic E-state index is 11.6. The second-order valence-electron chi connectivity index (χ2n) is 4.53. The molecule has 0 radical (unpaired) electrons. The van der Waals surface area contributed by atoms with Crippen molar-refractivity contribution in [3.63, 3.8) is 0 Å². The van der Waals surface area contributed by atoms with Crippen molar-refractivity contribution in [3.05, 3.63) is 5.82 Å². The molecule has 18 heavy (non-hydrogen) atoms. The number of hydrogen-bond donors (Lipinski definition) is 2. The molecule has 1 aromatic rings. The molecule has 1 atom stereocenters. The summed E-state index contributed by atoms with van der Waals surface area (Å²) in [6, 6.07) is 0.195. The predicted octanol–water partition coefficient (Wildman–Crippen LogP) is 1.12. The summed E-state index contributed by atoms with van der Waals surface area (Å²) in [5.41, 5.74) is 0. The highest BCUT2D eigenvalue weighted by Crippen LogP contribution is 2.18. The SMILES string of the molecule is CCC(C)NC(=O)CSc1nnc(C(C)C)n1N. The minimum atomic E-state index is -0.0107. The number of hydrogen-bond acceptors (Lipinski definition) is 5. The normalized spacial score (nSPS) is 12.7. The van der Waals surface area contributed by atoms with Crippen LogP contribution in [0.2, 0.25) is 0 Å². The van der Waals surface area contributed by atoms with Crippen molar-refractivity contribution < 1.29 is 4.79 Å². The van der Waals surface area contributed by atoms with Crippen LogP contribution in [0.4, 0.5) is 0 Å². The molecule has 0 bridgehead atoms. The number of amides is 1. The van der Waals surface area contributed by atoms with E-state index in [1.165, 1.54) is 16.4 Å².